The average molecular weight is 1350 g/mol. The number of fused-ring (bicyclic) bond motifs is 20. The van der Waals surface area contributed by atoms with Crippen molar-refractivity contribution in [2.75, 3.05) is 0 Å². The molecule has 2 nitrogen and oxygen atoms in total. The molecule has 0 saturated carbocycles. The molecule has 0 radical (unpaired) electrons. The maximum absolute atomic E-state index is 9.77. The first-order chi connectivity index (χ1) is 75.2. The fourth-order valence-corrected chi connectivity index (χ4v) is 13.0. The van der Waals surface area contributed by atoms with Gasteiger partial charge in [-0.2, -0.15) is 0 Å². The Kier molecular flexibility index (Phi) is 5.48. The molecule has 472 valence electrons. The van der Waals surface area contributed by atoms with Crippen LogP contribution in [0.1, 0.15) is 80.9 Å². The van der Waals surface area contributed by atoms with Gasteiger partial charge in [-0.15, -0.1) is 0 Å². The third-order valence-electron chi connectivity index (χ3n) is 17.3. The third-order valence-corrected chi connectivity index (χ3v) is 17.3. The summed E-state index contributed by atoms with van der Waals surface area (Å²) in [5, 5.41) is -14.2. The summed E-state index contributed by atoms with van der Waals surface area (Å²) in [6.45, 7) is 0. The Bertz CT molecular complexity index is 10800. The largest absolute Gasteiger partial charge is 0.455 e. The number of rotatable bonds is 6. The summed E-state index contributed by atoms with van der Waals surface area (Å²) in [6, 6.07) is -53.3. The fourth-order valence-electron chi connectivity index (χ4n) is 13.0. The molecule has 2 heteroatoms. The van der Waals surface area contributed by atoms with Crippen molar-refractivity contribution in [2.45, 2.75) is 0 Å². The first-order valence-electron chi connectivity index (χ1n) is 59.9. The molecule has 0 aliphatic heterocycles. The van der Waals surface area contributed by atoms with Crippen LogP contribution in [-0.2, 0) is 0 Å². The summed E-state index contributed by atoms with van der Waals surface area (Å²) >= 11 is 0. The zero-order valence-corrected chi connectivity index (χ0v) is 50.9. The maximum Gasteiger partial charge on any atom is 0.143 e. The van der Waals surface area contributed by atoms with Crippen molar-refractivity contribution >= 4 is 152 Å². The Morgan fingerprint density at radius 3 is 0.941 bits per heavy atom. The van der Waals surface area contributed by atoms with Crippen molar-refractivity contribution in [1.82, 2.24) is 0 Å². The molecule has 0 spiro atoms. The molecule has 0 saturated heterocycles. The predicted molar refractivity (Wildman–Crippen MR) is 435 cm³/mol. The van der Waals surface area contributed by atoms with Gasteiger partial charge in [-0.3, -0.25) is 0 Å². The molecule has 2 aromatic heterocycles. The van der Waals surface area contributed by atoms with Gasteiger partial charge in [0.2, 0.25) is 0 Å². The lowest BCUT2D eigenvalue weighted by molar-refractivity contribution is 0.672. The Morgan fingerprint density at radius 2 is 0.490 bits per heavy atom. The normalized spacial score (nSPS) is 20.0. The molecule has 0 fully saturated rings. The van der Waals surface area contributed by atoms with Crippen LogP contribution in [0.5, 0.6) is 0 Å². The molecule has 102 heavy (non-hydrogen) atoms. The molecule has 0 N–H and O–H groups in total. The van der Waals surface area contributed by atoms with E-state index in [2.05, 4.69) is 0 Å². The second-order valence-electron chi connectivity index (χ2n) is 22.6. The van der Waals surface area contributed by atoms with Crippen molar-refractivity contribution in [3.05, 3.63) is 363 Å². The first kappa shape index (κ1) is 24.2. The zero-order valence-electron chi connectivity index (χ0n) is 110. The van der Waals surface area contributed by atoms with E-state index in [1.165, 1.54) is 0 Å². The van der Waals surface area contributed by atoms with Gasteiger partial charge >= 0.3 is 0 Å². The van der Waals surface area contributed by atoms with Gasteiger partial charge in [0.05, 0.1) is 80.9 Å². The van der Waals surface area contributed by atoms with Crippen LogP contribution in [0.15, 0.2) is 371 Å². The van der Waals surface area contributed by atoms with Gasteiger partial charge in [0, 0.05) is 32.3 Å². The molecule has 0 atom stereocenters. The van der Waals surface area contributed by atoms with Gasteiger partial charge in [-0.25, -0.2) is 0 Å². The van der Waals surface area contributed by atoms with Crippen LogP contribution in [-0.4, -0.2) is 0 Å². The molecule has 0 amide bonds. The fraction of sp³-hybridized carbons (Fsp3) is 0. The monoisotopic (exact) mass is 1350 g/mol. The van der Waals surface area contributed by atoms with E-state index in [1.807, 2.05) is 0 Å². The summed E-state index contributed by atoms with van der Waals surface area (Å²) in [4.78, 5) is 0. The standard InChI is InChI=1S/2C50H30O/c1-4-15-36-31(12-1)28-29-44-49-43(22-11-23-46(49)51-50(36)44)48-41-20-9-7-18-39(41)47(40-19-8-10-21-42(40)48)33-26-24-32(25-27-33)45-30-34-13-2-3-14-35(34)37-16-5-6-17-38(37)45;1-3-13-35-31(11-1)27-29-39-36(19-9-20-38(35)39)33-23-25-34(26-24-33)47-40-15-5-7-17-42(40)48(43-18-8-6-16-41(43)47)44-21-10-22-46-49(44)45-30-28-32-12-2-4-14-37(32)50(45)51-46/h2*1-30H/i1D,2D,3D,4D,5D,6D,7D,8D,9D,10D,11D,12D,13D,14D,15D,16D,17D,18D,19D,20D,21D,22D,23D,24D,25D,26D,27D,28D,29D,30D;1D,2D,3D,4D,5D,6D,7D,8D,9D,10D,11D,12D,13D,14D,15D,16D,17D,18D,19D,21D,22D,23D,24D,25D,26D,27D,28D,29D,30D. The van der Waals surface area contributed by atoms with E-state index >= 15 is 0 Å². The number of benzene rings is 20. The number of hydrogen-bond acceptors (Lipinski definition) is 2. The number of furan rings is 2. The molecular weight excluding hydrogens is 1230 g/mol. The lowest BCUT2D eigenvalue weighted by Crippen LogP contribution is -1.91. The quantitative estimate of drug-likeness (QED) is 0.123. The zero-order chi connectivity index (χ0) is 118. The third kappa shape index (κ3) is 8.93. The minimum atomic E-state index is -1.15. The molecule has 22 aromatic rings. The molecule has 20 aromatic carbocycles. The number of hydrogen-bond donors (Lipinski definition) is 0. The minimum absolute atomic E-state index is 0.291. The van der Waals surface area contributed by atoms with E-state index in [4.69, 9.17) is 60.9 Å². The topological polar surface area (TPSA) is 26.3 Å². The van der Waals surface area contributed by atoms with Gasteiger partial charge in [-0.05, 0) is 194 Å². The second kappa shape index (κ2) is 23.1. The van der Waals surface area contributed by atoms with E-state index < -0.39 is 564 Å². The van der Waals surface area contributed by atoms with Crippen LogP contribution >= 0.6 is 0 Å². The van der Waals surface area contributed by atoms with Gasteiger partial charge < -0.3 is 8.83 Å². The Morgan fingerprint density at radius 1 is 0.176 bits per heavy atom. The highest BCUT2D eigenvalue weighted by atomic mass is 16.3. The van der Waals surface area contributed by atoms with E-state index in [1.54, 1.807) is 0 Å². The van der Waals surface area contributed by atoms with E-state index in [-0.39, 0.29) is 10.8 Å². The lowest BCUT2D eigenvalue weighted by Gasteiger charge is -2.18. The smallest absolute Gasteiger partial charge is 0.143 e. The Balaban J connectivity index is 0.000000185. The van der Waals surface area contributed by atoms with Crippen LogP contribution < -0.4 is 0 Å². The minimum Gasteiger partial charge on any atom is -0.455 e. The molecule has 0 bridgehead atoms. The predicted octanol–water partition coefficient (Wildman–Crippen LogP) is 28.7. The Labute approximate surface area is 670 Å². The van der Waals surface area contributed by atoms with Crippen molar-refractivity contribution < 1.29 is 89.7 Å². The highest BCUT2D eigenvalue weighted by molar-refractivity contribution is 6.30. The summed E-state index contributed by atoms with van der Waals surface area (Å²) in [5.41, 5.74) is -11.7. The summed E-state index contributed by atoms with van der Waals surface area (Å²) in [5.74, 6) is 0. The van der Waals surface area contributed by atoms with E-state index in [0.717, 1.165) is 6.07 Å². The molecule has 22 rings (SSSR count). The van der Waals surface area contributed by atoms with Crippen LogP contribution in [0.25, 0.3) is 218 Å². The van der Waals surface area contributed by atoms with Gasteiger partial charge in [-0.1, -0.05) is 332 Å². The Hall–Kier alpha value is -13.4. The van der Waals surface area contributed by atoms with Crippen molar-refractivity contribution in [1.29, 1.82) is 0 Å². The van der Waals surface area contributed by atoms with Gasteiger partial charge in [0.25, 0.3) is 0 Å². The highest BCUT2D eigenvalue weighted by Crippen LogP contribution is 2.51. The summed E-state index contributed by atoms with van der Waals surface area (Å²) in [7, 11) is 0. The van der Waals surface area contributed by atoms with Crippen LogP contribution in [0.4, 0.5) is 0 Å². The van der Waals surface area contributed by atoms with E-state index in [9.17, 15) is 28.8 Å². The van der Waals surface area contributed by atoms with Crippen molar-refractivity contribution in [2.24, 2.45) is 0 Å². The molecule has 0 unspecified atom stereocenters. The van der Waals surface area contributed by atoms with Crippen molar-refractivity contribution in [3.8, 4) is 66.8 Å². The molecule has 2 heterocycles. The highest BCUT2D eigenvalue weighted by Gasteiger charge is 2.24. The molecule has 0 aliphatic carbocycles. The van der Waals surface area contributed by atoms with Crippen LogP contribution in [0.2, 0.25) is 0 Å². The van der Waals surface area contributed by atoms with Gasteiger partial charge in [0.1, 0.15) is 22.3 Å². The summed E-state index contributed by atoms with van der Waals surface area (Å²) < 4.78 is 548. The van der Waals surface area contributed by atoms with Crippen LogP contribution in [0.3, 0.4) is 0 Å². The van der Waals surface area contributed by atoms with E-state index in [0.29, 0.717) is 0 Å². The average Bonchev–Trinajstić information content (AvgIpc) is 1.59. The van der Waals surface area contributed by atoms with Gasteiger partial charge in [0.15, 0.2) is 0 Å². The van der Waals surface area contributed by atoms with Crippen LogP contribution in [0, 0.1) is 0 Å². The van der Waals surface area contributed by atoms with Crippen molar-refractivity contribution in [3.63, 3.8) is 0 Å². The molecule has 0 aliphatic rings. The first-order valence-corrected chi connectivity index (χ1v) is 30.4. The maximum atomic E-state index is 9.77. The molecular formula is C100H60O2. The second-order valence-corrected chi connectivity index (χ2v) is 22.6. The summed E-state index contributed by atoms with van der Waals surface area (Å²) in [6.07, 6.45) is 0. The lowest BCUT2D eigenvalue weighted by atomic mass is 9.84. The SMILES string of the molecule is [2H]c1c([2H])c(-c2c([2H])c3c([2H])c([2H])c([2H])c([2H])c3c3c([2H])c([2H])c([2H])c([2H])c23)c([2H])c([2H])c1-c1c2c([2H])c([2H])c([2H])c([2H])c2c(-c2c([2H])c([2H])c([2H])c3oc4c5c([2H])c([2H])c([2H])c([2H])c5c([2H])c([2H])c4c23)c2c([2H])c([2H])c([2H])c([2H])c12.[2H]c1cc2c(c([2H])c([2H])c3c([2H])c([2H])c([2H])c([2H])c32)c(-c2c([2H])c([2H])c(-c3c4c([2H])c([2H])c([2H])c([2H])c4c(-c4c([2H])c([2H])c([2H])c5oc6c7c([2H])c([2H])c([2H])c([2H])c7c([2H])c([2H])c6c45)c4c([2H])c([2H])c([2H])c([2H])c34)c([2H])c2[2H])c1[2H].